The molecule has 0 aliphatic carbocycles. The summed E-state index contributed by atoms with van der Waals surface area (Å²) < 4.78 is 10.7. The Kier molecular flexibility index (Phi) is 5.54. The van der Waals surface area contributed by atoms with Gasteiger partial charge in [0.05, 0.1) is 0 Å². The van der Waals surface area contributed by atoms with E-state index in [1.807, 2.05) is 37.3 Å². The molecule has 31 heavy (non-hydrogen) atoms. The van der Waals surface area contributed by atoms with Gasteiger partial charge in [0.15, 0.2) is 11.5 Å². The summed E-state index contributed by atoms with van der Waals surface area (Å²) in [5.41, 5.74) is 0.475. The zero-order chi connectivity index (χ0) is 22.0. The van der Waals surface area contributed by atoms with Crippen LogP contribution in [0.4, 0.5) is 4.79 Å². The minimum atomic E-state index is -1.28. The average molecular weight is 423 g/mol. The van der Waals surface area contributed by atoms with E-state index in [4.69, 9.17) is 9.47 Å². The number of urea groups is 1. The Morgan fingerprint density at radius 3 is 2.68 bits per heavy atom. The zero-order valence-electron chi connectivity index (χ0n) is 17.5. The predicted molar refractivity (Wildman–Crippen MR) is 113 cm³/mol. The van der Waals surface area contributed by atoms with E-state index in [9.17, 15) is 14.4 Å². The molecule has 1 saturated heterocycles. The number of carbonyl (C=O) groups excluding carboxylic acids is 3. The lowest BCUT2D eigenvalue weighted by Crippen LogP contribution is -2.45. The van der Waals surface area contributed by atoms with Crippen molar-refractivity contribution in [2.75, 3.05) is 13.3 Å². The lowest BCUT2D eigenvalue weighted by molar-refractivity contribution is -0.135. The minimum Gasteiger partial charge on any atom is -0.454 e. The number of nitrogens with one attached hydrogen (secondary N) is 2. The number of amides is 4. The topological polar surface area (TPSA) is 97.0 Å². The van der Waals surface area contributed by atoms with Gasteiger partial charge in [-0.25, -0.2) is 4.79 Å². The summed E-state index contributed by atoms with van der Waals surface area (Å²) in [7, 11) is 0. The van der Waals surface area contributed by atoms with Crippen LogP contribution in [0.1, 0.15) is 31.4 Å². The molecule has 162 valence electrons. The first-order valence-electron chi connectivity index (χ1n) is 10.2. The molecule has 2 aliphatic rings. The molecule has 2 aliphatic heterocycles. The molecular weight excluding hydrogens is 398 g/mol. The number of carbonyl (C=O) groups is 3. The summed E-state index contributed by atoms with van der Waals surface area (Å²) in [6, 6.07) is 14.4. The lowest BCUT2D eigenvalue weighted by Gasteiger charge is -2.22. The minimum absolute atomic E-state index is 0.0892. The van der Waals surface area contributed by atoms with Crippen molar-refractivity contribution in [2.45, 2.75) is 38.3 Å². The van der Waals surface area contributed by atoms with Crippen LogP contribution in [0.25, 0.3) is 0 Å². The van der Waals surface area contributed by atoms with Gasteiger partial charge in [0.1, 0.15) is 12.1 Å². The molecule has 2 atom stereocenters. The monoisotopic (exact) mass is 423 g/mol. The quantitative estimate of drug-likeness (QED) is 0.667. The molecule has 2 aromatic rings. The third-order valence-electron chi connectivity index (χ3n) is 5.64. The molecule has 2 aromatic carbocycles. The fourth-order valence-corrected chi connectivity index (χ4v) is 3.81. The van der Waals surface area contributed by atoms with Crippen molar-refractivity contribution in [1.82, 2.24) is 15.5 Å². The average Bonchev–Trinajstić information content (AvgIpc) is 3.31. The highest BCUT2D eigenvalue weighted by atomic mass is 16.7. The van der Waals surface area contributed by atoms with Crippen molar-refractivity contribution in [3.8, 4) is 11.5 Å². The Hall–Kier alpha value is -3.55. The molecule has 2 heterocycles. The van der Waals surface area contributed by atoms with Gasteiger partial charge >= 0.3 is 6.03 Å². The molecule has 4 rings (SSSR count). The molecule has 1 fully saturated rings. The van der Waals surface area contributed by atoms with Gasteiger partial charge in [0, 0.05) is 6.04 Å². The van der Waals surface area contributed by atoms with Gasteiger partial charge < -0.3 is 20.1 Å². The summed E-state index contributed by atoms with van der Waals surface area (Å²) in [6.45, 7) is 3.31. The first-order chi connectivity index (χ1) is 14.9. The van der Waals surface area contributed by atoms with Gasteiger partial charge in [-0.3, -0.25) is 14.5 Å². The fourth-order valence-electron chi connectivity index (χ4n) is 3.81. The maximum atomic E-state index is 13.1. The van der Waals surface area contributed by atoms with Crippen molar-refractivity contribution in [3.63, 3.8) is 0 Å². The van der Waals surface area contributed by atoms with Crippen LogP contribution in [0.15, 0.2) is 48.5 Å². The molecule has 0 unspecified atom stereocenters. The Morgan fingerprint density at radius 2 is 1.90 bits per heavy atom. The largest absolute Gasteiger partial charge is 0.454 e. The highest BCUT2D eigenvalue weighted by molar-refractivity contribution is 6.09. The van der Waals surface area contributed by atoms with Gasteiger partial charge in [0.2, 0.25) is 12.7 Å². The molecule has 8 nitrogen and oxygen atoms in total. The molecule has 2 N–H and O–H groups in total. The number of aryl methyl sites for hydroxylation is 1. The number of hydrogen-bond acceptors (Lipinski definition) is 5. The normalized spacial score (nSPS) is 20.5. The predicted octanol–water partition coefficient (Wildman–Crippen LogP) is 2.32. The van der Waals surface area contributed by atoms with Crippen LogP contribution < -0.4 is 20.1 Å². The molecule has 8 heteroatoms. The van der Waals surface area contributed by atoms with Crippen molar-refractivity contribution < 1.29 is 23.9 Å². The Bertz CT molecular complexity index is 1010. The maximum absolute atomic E-state index is 13.1. The van der Waals surface area contributed by atoms with E-state index in [1.54, 1.807) is 25.1 Å². The van der Waals surface area contributed by atoms with Crippen LogP contribution in [-0.2, 0) is 21.5 Å². The number of imide groups is 1. The SMILES string of the molecule is C[C@@H](CCc1ccccc1)NC(=O)CN1C(=O)N[C@@](C)(c2ccc3c(c2)OCO3)C1=O. The smallest absolute Gasteiger partial charge is 0.325 e. The highest BCUT2D eigenvalue weighted by Gasteiger charge is 2.49. The highest BCUT2D eigenvalue weighted by Crippen LogP contribution is 2.37. The van der Waals surface area contributed by atoms with Gasteiger partial charge in [-0.2, -0.15) is 0 Å². The second-order valence-corrected chi connectivity index (χ2v) is 8.01. The van der Waals surface area contributed by atoms with Gasteiger partial charge in [0.25, 0.3) is 5.91 Å². The summed E-state index contributed by atoms with van der Waals surface area (Å²) in [5.74, 6) is 0.247. The summed E-state index contributed by atoms with van der Waals surface area (Å²) in [5, 5.41) is 5.57. The molecule has 0 radical (unpaired) electrons. The molecule has 0 saturated carbocycles. The van der Waals surface area contributed by atoms with E-state index in [0.29, 0.717) is 17.1 Å². The molecule has 4 amide bonds. The first kappa shape index (κ1) is 20.7. The number of hydrogen-bond donors (Lipinski definition) is 2. The standard InChI is InChI=1S/C23H25N3O5/c1-15(8-9-16-6-4-3-5-7-16)24-20(27)13-26-21(28)23(2,25-22(26)29)17-10-11-18-19(12-17)31-14-30-18/h3-7,10-12,15H,8-9,13-14H2,1-2H3,(H,24,27)(H,25,29)/t15-,23-/m0/s1. The van der Waals surface area contributed by atoms with E-state index >= 15 is 0 Å². The van der Waals surface area contributed by atoms with E-state index in [-0.39, 0.29) is 25.3 Å². The fraction of sp³-hybridized carbons (Fsp3) is 0.348. The second-order valence-electron chi connectivity index (χ2n) is 8.01. The number of benzene rings is 2. The zero-order valence-corrected chi connectivity index (χ0v) is 17.5. The van der Waals surface area contributed by atoms with E-state index in [2.05, 4.69) is 10.6 Å². The van der Waals surface area contributed by atoms with Crippen LogP contribution in [0, 0.1) is 0 Å². The first-order valence-corrected chi connectivity index (χ1v) is 10.2. The van der Waals surface area contributed by atoms with E-state index < -0.39 is 17.5 Å². The molecular formula is C23H25N3O5. The van der Waals surface area contributed by atoms with Crippen LogP contribution in [0.3, 0.4) is 0 Å². The van der Waals surface area contributed by atoms with Crippen LogP contribution in [0.2, 0.25) is 0 Å². The molecule has 0 bridgehead atoms. The molecule has 0 spiro atoms. The van der Waals surface area contributed by atoms with Crippen molar-refractivity contribution in [2.24, 2.45) is 0 Å². The Labute approximate surface area is 180 Å². The van der Waals surface area contributed by atoms with Crippen LogP contribution in [-0.4, -0.2) is 42.1 Å². The number of rotatable bonds is 7. The van der Waals surface area contributed by atoms with E-state index in [1.165, 1.54) is 5.56 Å². The lowest BCUT2D eigenvalue weighted by atomic mass is 9.91. The molecule has 0 aromatic heterocycles. The second kappa shape index (κ2) is 8.29. The Morgan fingerprint density at radius 1 is 1.16 bits per heavy atom. The van der Waals surface area contributed by atoms with Gasteiger partial charge in [-0.15, -0.1) is 0 Å². The maximum Gasteiger partial charge on any atom is 0.325 e. The van der Waals surface area contributed by atoms with Crippen LogP contribution >= 0.6 is 0 Å². The Balaban J connectivity index is 1.37. The summed E-state index contributed by atoms with van der Waals surface area (Å²) in [6.07, 6.45) is 1.58. The van der Waals surface area contributed by atoms with E-state index in [0.717, 1.165) is 17.7 Å². The van der Waals surface area contributed by atoms with Crippen molar-refractivity contribution in [1.29, 1.82) is 0 Å². The van der Waals surface area contributed by atoms with Crippen LogP contribution in [0.5, 0.6) is 11.5 Å². The third-order valence-corrected chi connectivity index (χ3v) is 5.64. The van der Waals surface area contributed by atoms with Gasteiger partial charge in [-0.1, -0.05) is 36.4 Å². The van der Waals surface area contributed by atoms with Crippen molar-refractivity contribution >= 4 is 17.8 Å². The third kappa shape index (κ3) is 4.19. The summed E-state index contributed by atoms with van der Waals surface area (Å²) >= 11 is 0. The van der Waals surface area contributed by atoms with Gasteiger partial charge in [-0.05, 0) is 49.9 Å². The number of ether oxygens (including phenoxy) is 2. The number of fused-ring (bicyclic) bond motifs is 1. The number of nitrogens with zero attached hydrogens (tertiary/aromatic N) is 1. The summed E-state index contributed by atoms with van der Waals surface area (Å²) in [4.78, 5) is 39.0. The van der Waals surface area contributed by atoms with Crippen molar-refractivity contribution in [3.05, 3.63) is 59.7 Å².